The first-order chi connectivity index (χ1) is 7.68. The van der Waals surface area contributed by atoms with Gasteiger partial charge in [0.25, 0.3) is 5.91 Å². The second-order valence-corrected chi connectivity index (χ2v) is 5.56. The second kappa shape index (κ2) is 6.70. The van der Waals surface area contributed by atoms with Crippen molar-refractivity contribution in [3.05, 3.63) is 20.8 Å². The first kappa shape index (κ1) is 14.9. The molecule has 0 radical (unpaired) electrons. The van der Waals surface area contributed by atoms with Gasteiger partial charge in [0, 0.05) is 30.0 Å². The van der Waals surface area contributed by atoms with Crippen LogP contribution in [0.3, 0.4) is 0 Å². The van der Waals surface area contributed by atoms with Crippen LogP contribution >= 0.6 is 39.7 Å². The molecule has 0 aliphatic carbocycles. The highest BCUT2D eigenvalue weighted by Gasteiger charge is 2.25. The lowest BCUT2D eigenvalue weighted by Crippen LogP contribution is -2.34. The van der Waals surface area contributed by atoms with E-state index in [1.54, 1.807) is 0 Å². The van der Waals surface area contributed by atoms with Crippen molar-refractivity contribution in [1.82, 2.24) is 10.6 Å². The summed E-state index contributed by atoms with van der Waals surface area (Å²) in [7, 11) is 0. The number of nitrogens with one attached hydrogen (secondary N) is 2. The van der Waals surface area contributed by atoms with Gasteiger partial charge in [-0.25, -0.2) is 0 Å². The minimum Gasteiger partial charge on any atom is -0.391 e. The standard InChI is InChI=1S/C10H13BrN2O2S.ClH/c11-7-1-2-16-9(7)10(15)13-4-6-3-12-5-8(6)14;/h1-2,6,8,12,14H,3-5H2,(H,13,15);1H. The van der Waals surface area contributed by atoms with Crippen molar-refractivity contribution in [3.63, 3.8) is 0 Å². The summed E-state index contributed by atoms with van der Waals surface area (Å²) in [4.78, 5) is 12.4. The molecule has 1 aromatic rings. The molecule has 0 bridgehead atoms. The van der Waals surface area contributed by atoms with E-state index in [1.165, 1.54) is 11.3 Å². The summed E-state index contributed by atoms with van der Waals surface area (Å²) in [6, 6.07) is 1.85. The summed E-state index contributed by atoms with van der Waals surface area (Å²) in [5.41, 5.74) is 0. The van der Waals surface area contributed by atoms with Crippen molar-refractivity contribution in [2.24, 2.45) is 5.92 Å². The number of rotatable bonds is 3. The first-order valence-corrected chi connectivity index (χ1v) is 6.75. The molecule has 2 heterocycles. The van der Waals surface area contributed by atoms with Gasteiger partial charge < -0.3 is 15.7 Å². The normalized spacial score (nSPS) is 23.2. The van der Waals surface area contributed by atoms with Crippen molar-refractivity contribution in [3.8, 4) is 0 Å². The van der Waals surface area contributed by atoms with E-state index in [9.17, 15) is 9.90 Å². The number of halogens is 2. The van der Waals surface area contributed by atoms with E-state index >= 15 is 0 Å². The molecule has 7 heteroatoms. The molecule has 1 aromatic heterocycles. The molecule has 2 unspecified atom stereocenters. The average molecular weight is 342 g/mol. The summed E-state index contributed by atoms with van der Waals surface area (Å²) in [5.74, 6) is 0.0312. The molecule has 1 aliphatic rings. The summed E-state index contributed by atoms with van der Waals surface area (Å²) in [5, 5.41) is 17.4. The van der Waals surface area contributed by atoms with Crippen LogP contribution in [-0.4, -0.2) is 36.8 Å². The molecule has 0 saturated carbocycles. The Bertz CT molecular complexity index is 388. The number of thiophene rings is 1. The van der Waals surface area contributed by atoms with Gasteiger partial charge in [-0.05, 0) is 27.4 Å². The van der Waals surface area contributed by atoms with E-state index < -0.39 is 0 Å². The third-order valence-corrected chi connectivity index (χ3v) is 4.49. The Kier molecular flexibility index (Phi) is 5.88. The fourth-order valence-electron chi connectivity index (χ4n) is 1.69. The number of hydrogen-bond acceptors (Lipinski definition) is 4. The smallest absolute Gasteiger partial charge is 0.262 e. The largest absolute Gasteiger partial charge is 0.391 e. The molecule has 2 rings (SSSR count). The maximum Gasteiger partial charge on any atom is 0.262 e. The predicted molar refractivity (Wildman–Crippen MR) is 74.0 cm³/mol. The Balaban J connectivity index is 0.00000144. The lowest BCUT2D eigenvalue weighted by atomic mass is 10.1. The topological polar surface area (TPSA) is 61.4 Å². The number of amides is 1. The summed E-state index contributed by atoms with van der Waals surface area (Å²) in [6.07, 6.45) is -0.355. The highest BCUT2D eigenvalue weighted by Crippen LogP contribution is 2.22. The monoisotopic (exact) mass is 340 g/mol. The van der Waals surface area contributed by atoms with Gasteiger partial charge in [0.05, 0.1) is 6.10 Å². The van der Waals surface area contributed by atoms with Gasteiger partial charge in [-0.15, -0.1) is 23.7 Å². The van der Waals surface area contributed by atoms with Crippen LogP contribution in [0.5, 0.6) is 0 Å². The van der Waals surface area contributed by atoms with Crippen LogP contribution in [0, 0.1) is 5.92 Å². The average Bonchev–Trinajstić information content (AvgIpc) is 2.84. The minimum absolute atomic E-state index is 0. The van der Waals surface area contributed by atoms with Crippen LogP contribution < -0.4 is 10.6 Å². The molecule has 17 heavy (non-hydrogen) atoms. The number of carbonyl (C=O) groups is 1. The highest BCUT2D eigenvalue weighted by molar-refractivity contribution is 9.10. The van der Waals surface area contributed by atoms with E-state index in [1.807, 2.05) is 11.4 Å². The highest BCUT2D eigenvalue weighted by atomic mass is 79.9. The molecule has 96 valence electrons. The Labute approximate surface area is 118 Å². The van der Waals surface area contributed by atoms with Gasteiger partial charge in [0.2, 0.25) is 0 Å². The van der Waals surface area contributed by atoms with Gasteiger partial charge in [-0.1, -0.05) is 0 Å². The van der Waals surface area contributed by atoms with Crippen LogP contribution in [0.15, 0.2) is 15.9 Å². The molecule has 1 amide bonds. The predicted octanol–water partition coefficient (Wildman–Crippen LogP) is 1.24. The maximum atomic E-state index is 11.8. The fraction of sp³-hybridized carbons (Fsp3) is 0.500. The lowest BCUT2D eigenvalue weighted by molar-refractivity contribution is 0.0930. The minimum atomic E-state index is -0.355. The van der Waals surface area contributed by atoms with Crippen LogP contribution in [0.2, 0.25) is 0 Å². The SMILES string of the molecule is Cl.O=C(NCC1CNCC1O)c1sccc1Br. The number of aliphatic hydroxyl groups excluding tert-OH is 1. The van der Waals surface area contributed by atoms with Crippen LogP contribution in [0.25, 0.3) is 0 Å². The Hall–Kier alpha value is -0.140. The molecule has 1 fully saturated rings. The molecule has 1 saturated heterocycles. The zero-order chi connectivity index (χ0) is 11.5. The summed E-state index contributed by atoms with van der Waals surface area (Å²) < 4.78 is 0.820. The maximum absolute atomic E-state index is 11.8. The van der Waals surface area contributed by atoms with Crippen molar-refractivity contribution >= 4 is 45.6 Å². The number of β-amino-alcohol motifs (C(OH)–C–C–N with tert-alkyl or cyclic N) is 1. The van der Waals surface area contributed by atoms with Crippen molar-refractivity contribution in [2.45, 2.75) is 6.10 Å². The van der Waals surface area contributed by atoms with E-state index in [-0.39, 0.29) is 30.3 Å². The number of hydrogen-bond donors (Lipinski definition) is 3. The molecule has 0 aromatic carbocycles. The quantitative estimate of drug-likeness (QED) is 0.775. The van der Waals surface area contributed by atoms with E-state index in [0.717, 1.165) is 11.0 Å². The van der Waals surface area contributed by atoms with Crippen molar-refractivity contribution < 1.29 is 9.90 Å². The van der Waals surface area contributed by atoms with Gasteiger partial charge in [0.15, 0.2) is 0 Å². The Morgan fingerprint density at radius 3 is 2.94 bits per heavy atom. The first-order valence-electron chi connectivity index (χ1n) is 5.08. The van der Waals surface area contributed by atoms with Gasteiger partial charge >= 0.3 is 0 Å². The van der Waals surface area contributed by atoms with Gasteiger partial charge in [-0.2, -0.15) is 0 Å². The summed E-state index contributed by atoms with van der Waals surface area (Å²) in [6.45, 7) is 1.88. The lowest BCUT2D eigenvalue weighted by Gasteiger charge is -2.13. The molecule has 3 N–H and O–H groups in total. The zero-order valence-electron chi connectivity index (χ0n) is 8.98. The third kappa shape index (κ3) is 3.66. The van der Waals surface area contributed by atoms with E-state index in [4.69, 9.17) is 0 Å². The Morgan fingerprint density at radius 2 is 2.41 bits per heavy atom. The molecule has 4 nitrogen and oxygen atoms in total. The molecule has 1 aliphatic heterocycles. The van der Waals surface area contributed by atoms with Crippen LogP contribution in [0.1, 0.15) is 9.67 Å². The third-order valence-electron chi connectivity index (χ3n) is 2.65. The molecular formula is C10H14BrClN2O2S. The van der Waals surface area contributed by atoms with E-state index in [0.29, 0.717) is 18.0 Å². The fourth-order valence-corrected chi connectivity index (χ4v) is 3.15. The van der Waals surface area contributed by atoms with Gasteiger partial charge in [0.1, 0.15) is 4.88 Å². The molecule has 2 atom stereocenters. The zero-order valence-corrected chi connectivity index (χ0v) is 12.2. The van der Waals surface area contributed by atoms with Gasteiger partial charge in [-0.3, -0.25) is 4.79 Å². The van der Waals surface area contributed by atoms with Crippen LogP contribution in [0.4, 0.5) is 0 Å². The van der Waals surface area contributed by atoms with E-state index in [2.05, 4.69) is 26.6 Å². The second-order valence-electron chi connectivity index (χ2n) is 3.79. The van der Waals surface area contributed by atoms with Crippen LogP contribution in [-0.2, 0) is 0 Å². The summed E-state index contributed by atoms with van der Waals surface area (Å²) >= 11 is 4.72. The molecular weight excluding hydrogens is 328 g/mol. The Morgan fingerprint density at radius 1 is 1.65 bits per heavy atom. The number of carbonyl (C=O) groups excluding carboxylic acids is 1. The molecule has 0 spiro atoms. The van der Waals surface area contributed by atoms with Crippen molar-refractivity contribution in [1.29, 1.82) is 0 Å². The van der Waals surface area contributed by atoms with Crippen molar-refractivity contribution in [2.75, 3.05) is 19.6 Å². The number of aliphatic hydroxyl groups is 1.